The lowest BCUT2D eigenvalue weighted by Crippen LogP contribution is -2.62. The maximum absolute atomic E-state index is 13.7. The molecule has 0 aromatic heterocycles. The average Bonchev–Trinajstić information content (AvgIpc) is 3.54. The number of benzene rings is 3. The second-order valence-electron chi connectivity index (χ2n) is 13.7. The number of fused-ring (bicyclic) bond motifs is 1. The van der Waals surface area contributed by atoms with E-state index in [-0.39, 0.29) is 73.9 Å². The van der Waals surface area contributed by atoms with Gasteiger partial charge in [-0.2, -0.15) is 0 Å². The molecule has 0 N–H and O–H groups in total. The molecular formula is C38H37N5O15S. The molecule has 2 amide bonds. The van der Waals surface area contributed by atoms with Crippen molar-refractivity contribution in [1.29, 1.82) is 0 Å². The van der Waals surface area contributed by atoms with Crippen LogP contribution < -0.4 is 0 Å². The minimum Gasteiger partial charge on any atom is -0.456 e. The van der Waals surface area contributed by atoms with Gasteiger partial charge in [0.1, 0.15) is 31.6 Å². The normalized spacial score (nSPS) is 19.5. The van der Waals surface area contributed by atoms with Gasteiger partial charge in [-0.1, -0.05) is 6.92 Å². The topological polar surface area (TPSA) is 250 Å². The molecular weight excluding hydrogens is 799 g/mol. The van der Waals surface area contributed by atoms with E-state index in [0.717, 1.165) is 0 Å². The highest BCUT2D eigenvalue weighted by molar-refractivity contribution is 8.03. The summed E-state index contributed by atoms with van der Waals surface area (Å²) in [4.78, 5) is 87.7. The highest BCUT2D eigenvalue weighted by Crippen LogP contribution is 2.49. The summed E-state index contributed by atoms with van der Waals surface area (Å²) >= 11 is 1.27. The monoisotopic (exact) mass is 835 g/mol. The molecule has 21 heteroatoms. The van der Waals surface area contributed by atoms with Gasteiger partial charge >= 0.3 is 18.2 Å². The number of nitrogens with zero attached hydrogens (tertiary/aromatic N) is 5. The molecule has 4 unspecified atom stereocenters. The molecule has 3 aromatic carbocycles. The van der Waals surface area contributed by atoms with Crippen LogP contribution in [0.25, 0.3) is 0 Å². The van der Waals surface area contributed by atoms with E-state index < -0.39 is 63.1 Å². The van der Waals surface area contributed by atoms with E-state index in [1.807, 2.05) is 6.92 Å². The number of hydrogen-bond acceptors (Lipinski definition) is 16. The molecule has 20 nitrogen and oxygen atoms in total. The zero-order chi connectivity index (χ0) is 42.4. The summed E-state index contributed by atoms with van der Waals surface area (Å²) in [6, 6.07) is 15.9. The van der Waals surface area contributed by atoms with Gasteiger partial charge < -0.3 is 33.5 Å². The Morgan fingerprint density at radius 1 is 0.780 bits per heavy atom. The lowest BCUT2D eigenvalue weighted by molar-refractivity contribution is -0.385. The van der Waals surface area contributed by atoms with E-state index in [4.69, 9.17) is 23.7 Å². The van der Waals surface area contributed by atoms with Crippen LogP contribution in [0.3, 0.4) is 0 Å². The third-order valence-corrected chi connectivity index (χ3v) is 11.2. The molecule has 5 atom stereocenters. The highest BCUT2D eigenvalue weighted by atomic mass is 32.2. The number of thioether (sulfide) groups is 1. The second-order valence-corrected chi connectivity index (χ2v) is 15.2. The number of hydrogen-bond donors (Lipinski definition) is 0. The summed E-state index contributed by atoms with van der Waals surface area (Å²) in [7, 11) is 0. The molecule has 0 saturated carbocycles. The number of nitro benzene ring substituents is 3. The van der Waals surface area contributed by atoms with Crippen LogP contribution in [0, 0.1) is 36.3 Å². The number of β-lactam (4-membered cyclic amide) rings is 1. The fourth-order valence-corrected chi connectivity index (χ4v) is 8.06. The van der Waals surface area contributed by atoms with Crippen LogP contribution in [0.1, 0.15) is 37.0 Å². The predicted molar refractivity (Wildman–Crippen MR) is 204 cm³/mol. The molecule has 3 heterocycles. The summed E-state index contributed by atoms with van der Waals surface area (Å²) in [5, 5.41) is 32.6. The lowest BCUT2D eigenvalue weighted by Gasteiger charge is -2.45. The molecule has 2 fully saturated rings. The van der Waals surface area contributed by atoms with Crippen LogP contribution in [-0.4, -0.2) is 91.9 Å². The summed E-state index contributed by atoms with van der Waals surface area (Å²) in [6.07, 6.45) is -2.98. The van der Waals surface area contributed by atoms with E-state index in [2.05, 4.69) is 0 Å². The van der Waals surface area contributed by atoms with Crippen molar-refractivity contribution in [3.8, 4) is 0 Å². The summed E-state index contributed by atoms with van der Waals surface area (Å²) < 4.78 is 27.7. The number of non-ortho nitro benzene ring substituents is 3. The summed E-state index contributed by atoms with van der Waals surface area (Å²) in [6.45, 7) is 3.36. The number of ether oxygens (including phenoxy) is 5. The molecule has 0 spiro atoms. The Hall–Kier alpha value is -6.61. The first-order valence-electron chi connectivity index (χ1n) is 18.2. The summed E-state index contributed by atoms with van der Waals surface area (Å²) in [5.41, 5.74) is 1.15. The zero-order valence-electron chi connectivity index (χ0n) is 31.5. The van der Waals surface area contributed by atoms with Crippen LogP contribution in [0.15, 0.2) is 83.4 Å². The largest absolute Gasteiger partial charge is 0.508 e. The van der Waals surface area contributed by atoms with Crippen molar-refractivity contribution in [2.75, 3.05) is 19.7 Å². The van der Waals surface area contributed by atoms with Crippen molar-refractivity contribution in [2.24, 2.45) is 5.92 Å². The number of nitro groups is 3. The number of esters is 1. The molecule has 3 aliphatic heterocycles. The molecule has 59 heavy (non-hydrogen) atoms. The number of rotatable bonds is 15. The van der Waals surface area contributed by atoms with Crippen LogP contribution >= 0.6 is 11.8 Å². The van der Waals surface area contributed by atoms with Crippen molar-refractivity contribution in [3.63, 3.8) is 0 Å². The van der Waals surface area contributed by atoms with Gasteiger partial charge in [-0.05, 0) is 60.0 Å². The number of carbonyl (C=O) groups is 4. The van der Waals surface area contributed by atoms with Gasteiger partial charge in [0.25, 0.3) is 17.1 Å². The highest BCUT2D eigenvalue weighted by Gasteiger charge is 2.58. The van der Waals surface area contributed by atoms with Crippen LogP contribution in [0.5, 0.6) is 0 Å². The molecule has 2 saturated heterocycles. The van der Waals surface area contributed by atoms with Crippen LogP contribution in [-0.2, 0) is 53.1 Å². The second kappa shape index (κ2) is 18.3. The van der Waals surface area contributed by atoms with Gasteiger partial charge in [0.05, 0.1) is 46.0 Å². The first kappa shape index (κ1) is 42.0. The van der Waals surface area contributed by atoms with Crippen molar-refractivity contribution in [2.45, 2.75) is 63.6 Å². The van der Waals surface area contributed by atoms with E-state index in [1.165, 1.54) is 101 Å². The first-order valence-corrected chi connectivity index (χ1v) is 19.0. The first-order chi connectivity index (χ1) is 28.2. The number of morpholine rings is 1. The molecule has 0 aliphatic carbocycles. The van der Waals surface area contributed by atoms with Crippen LogP contribution in [0.2, 0.25) is 0 Å². The Morgan fingerprint density at radius 2 is 1.27 bits per heavy atom. The predicted octanol–water partition coefficient (Wildman–Crippen LogP) is 5.80. The zero-order valence-corrected chi connectivity index (χ0v) is 32.3. The van der Waals surface area contributed by atoms with Crippen LogP contribution in [0.4, 0.5) is 26.7 Å². The molecule has 310 valence electrons. The average molecular weight is 836 g/mol. The molecule has 0 bridgehead atoms. The number of amides is 2. The molecule has 3 aromatic rings. The Balaban J connectivity index is 1.10. The Labute approximate surface area is 339 Å². The van der Waals surface area contributed by atoms with Gasteiger partial charge in [0.15, 0.2) is 0 Å². The van der Waals surface area contributed by atoms with Gasteiger partial charge in [0.2, 0.25) is 5.91 Å². The van der Waals surface area contributed by atoms with E-state index in [1.54, 1.807) is 0 Å². The third kappa shape index (κ3) is 9.92. The SMILES string of the molecule is CC(OC(=O)OCc1ccc([N+](=O)[O-])cc1)C1C(=O)N2C(C(=O)OCc3ccc([N+](=O)[O-])cc3)=C(SC(C)C3CN(C(=O)OCc4ccc([N+](=O)[O-])cc4)CCO3)C[C@H]12. The van der Waals surface area contributed by atoms with Gasteiger partial charge in [0, 0.05) is 59.5 Å². The molecule has 6 rings (SSSR count). The minimum atomic E-state index is -1.07. The van der Waals surface area contributed by atoms with Crippen molar-refractivity contribution in [1.82, 2.24) is 9.80 Å². The maximum Gasteiger partial charge on any atom is 0.508 e. The van der Waals surface area contributed by atoms with Crippen molar-refractivity contribution in [3.05, 3.63) is 130 Å². The third-order valence-electron chi connectivity index (χ3n) is 9.88. The van der Waals surface area contributed by atoms with Crippen molar-refractivity contribution >= 4 is 52.9 Å². The Bertz CT molecular complexity index is 2150. The van der Waals surface area contributed by atoms with Gasteiger partial charge in [-0.15, -0.1) is 11.8 Å². The maximum atomic E-state index is 13.7. The standard InChI is InChI=1S/C38H37N5O15S/c1-22(58-38(47)57-21-26-7-13-29(14-8-26)43(52)53)33-30-17-32(34(40(30)35(33)44)36(45)55-19-24-3-9-27(10-4-24)41(48)49)59-23(2)31-18-39(15-16-54-31)37(46)56-20-25-5-11-28(12-6-25)42(50)51/h3-14,22-23,30-31,33H,15-21H2,1-2H3/t22?,23?,30-,31?,33?/m1/s1. The Morgan fingerprint density at radius 3 is 1.78 bits per heavy atom. The molecule has 3 aliphatic rings. The minimum absolute atomic E-state index is 0.00173. The lowest BCUT2D eigenvalue weighted by atomic mass is 9.83. The van der Waals surface area contributed by atoms with Crippen molar-refractivity contribution < 1.29 is 57.6 Å². The smallest absolute Gasteiger partial charge is 0.456 e. The number of carbonyl (C=O) groups excluding carboxylic acids is 4. The Kier molecular flexibility index (Phi) is 13.0. The fourth-order valence-electron chi connectivity index (χ4n) is 6.73. The van der Waals surface area contributed by atoms with Gasteiger partial charge in [-0.3, -0.25) is 35.1 Å². The molecule has 0 radical (unpaired) electrons. The fraction of sp³-hybridized carbons (Fsp3) is 0.368. The summed E-state index contributed by atoms with van der Waals surface area (Å²) in [5.74, 6) is -2.16. The van der Waals surface area contributed by atoms with E-state index in [9.17, 15) is 49.5 Å². The van der Waals surface area contributed by atoms with Gasteiger partial charge in [-0.25, -0.2) is 14.4 Å². The quantitative estimate of drug-likeness (QED) is 0.0577. The van der Waals surface area contributed by atoms with E-state index >= 15 is 0 Å². The van der Waals surface area contributed by atoms with E-state index in [0.29, 0.717) is 21.6 Å².